The molecule has 0 aromatic heterocycles. The number of unbranched alkanes of at least 4 members (excludes halogenated alkanes) is 1. The summed E-state index contributed by atoms with van der Waals surface area (Å²) in [4.78, 5) is 25.2. The van der Waals surface area contributed by atoms with Crippen molar-refractivity contribution in [2.24, 2.45) is 5.73 Å². The van der Waals surface area contributed by atoms with Crippen molar-refractivity contribution in [3.63, 3.8) is 0 Å². The Morgan fingerprint density at radius 3 is 2.53 bits per heavy atom. The SMILES string of the molecule is CN(C)C(=O)c1ccccc1NC(=O)CCCCN. The Balaban J connectivity index is 2.73. The van der Waals surface area contributed by atoms with E-state index in [1.54, 1.807) is 38.4 Å². The van der Waals surface area contributed by atoms with Gasteiger partial charge in [0.15, 0.2) is 0 Å². The monoisotopic (exact) mass is 263 g/mol. The van der Waals surface area contributed by atoms with E-state index < -0.39 is 0 Å². The van der Waals surface area contributed by atoms with Crippen molar-refractivity contribution in [1.29, 1.82) is 0 Å². The van der Waals surface area contributed by atoms with Gasteiger partial charge in [0.1, 0.15) is 0 Å². The van der Waals surface area contributed by atoms with Crippen molar-refractivity contribution < 1.29 is 9.59 Å². The number of carbonyl (C=O) groups excluding carboxylic acids is 2. The van der Waals surface area contributed by atoms with Gasteiger partial charge in [0.2, 0.25) is 5.91 Å². The van der Waals surface area contributed by atoms with Crippen LogP contribution in [0.3, 0.4) is 0 Å². The van der Waals surface area contributed by atoms with Gasteiger partial charge in [0, 0.05) is 20.5 Å². The van der Waals surface area contributed by atoms with Crippen LogP contribution in [0.2, 0.25) is 0 Å². The quantitative estimate of drug-likeness (QED) is 0.763. The molecule has 0 aliphatic carbocycles. The molecule has 0 unspecified atom stereocenters. The van der Waals surface area contributed by atoms with Gasteiger partial charge in [-0.05, 0) is 31.5 Å². The van der Waals surface area contributed by atoms with Crippen molar-refractivity contribution in [3.05, 3.63) is 29.8 Å². The number of carbonyl (C=O) groups is 2. The summed E-state index contributed by atoms with van der Waals surface area (Å²) >= 11 is 0. The Morgan fingerprint density at radius 1 is 1.21 bits per heavy atom. The highest BCUT2D eigenvalue weighted by Crippen LogP contribution is 2.17. The molecule has 1 aromatic rings. The van der Waals surface area contributed by atoms with Gasteiger partial charge in [-0.1, -0.05) is 12.1 Å². The second-order valence-electron chi connectivity index (χ2n) is 4.54. The fourth-order valence-corrected chi connectivity index (χ4v) is 1.66. The summed E-state index contributed by atoms with van der Waals surface area (Å²) in [6.07, 6.45) is 2.00. The zero-order valence-electron chi connectivity index (χ0n) is 11.5. The third-order valence-corrected chi connectivity index (χ3v) is 2.70. The normalized spacial score (nSPS) is 10.1. The minimum Gasteiger partial charge on any atom is -0.345 e. The number of rotatable bonds is 6. The number of nitrogens with one attached hydrogen (secondary N) is 1. The summed E-state index contributed by atoms with van der Waals surface area (Å²) in [5, 5.41) is 2.78. The average Bonchev–Trinajstić information content (AvgIpc) is 2.38. The van der Waals surface area contributed by atoms with Gasteiger partial charge in [-0.25, -0.2) is 0 Å². The van der Waals surface area contributed by atoms with Crippen LogP contribution in [0.25, 0.3) is 0 Å². The van der Waals surface area contributed by atoms with Crippen LogP contribution in [0, 0.1) is 0 Å². The van der Waals surface area contributed by atoms with Crippen LogP contribution in [0.5, 0.6) is 0 Å². The highest BCUT2D eigenvalue weighted by atomic mass is 16.2. The molecular weight excluding hydrogens is 242 g/mol. The summed E-state index contributed by atoms with van der Waals surface area (Å²) in [6.45, 7) is 0.586. The Morgan fingerprint density at radius 2 is 1.89 bits per heavy atom. The maximum Gasteiger partial charge on any atom is 0.255 e. The summed E-state index contributed by atoms with van der Waals surface area (Å²) in [6, 6.07) is 7.01. The average molecular weight is 263 g/mol. The summed E-state index contributed by atoms with van der Waals surface area (Å²) < 4.78 is 0. The first-order valence-corrected chi connectivity index (χ1v) is 6.37. The molecule has 3 N–H and O–H groups in total. The maximum absolute atomic E-state index is 12.0. The van der Waals surface area contributed by atoms with Gasteiger partial charge in [-0.3, -0.25) is 9.59 Å². The zero-order chi connectivity index (χ0) is 14.3. The van der Waals surface area contributed by atoms with Crippen LogP contribution in [-0.4, -0.2) is 37.4 Å². The van der Waals surface area contributed by atoms with Crippen molar-refractivity contribution >= 4 is 17.5 Å². The fraction of sp³-hybridized carbons (Fsp3) is 0.429. The number of hydrogen-bond acceptors (Lipinski definition) is 3. The van der Waals surface area contributed by atoms with Crippen LogP contribution in [0.4, 0.5) is 5.69 Å². The van der Waals surface area contributed by atoms with Crippen molar-refractivity contribution in [1.82, 2.24) is 4.90 Å². The van der Waals surface area contributed by atoms with Crippen molar-refractivity contribution in [2.45, 2.75) is 19.3 Å². The molecule has 0 aliphatic heterocycles. The molecule has 5 nitrogen and oxygen atoms in total. The Hall–Kier alpha value is -1.88. The van der Waals surface area contributed by atoms with Gasteiger partial charge >= 0.3 is 0 Å². The molecule has 1 aromatic carbocycles. The van der Waals surface area contributed by atoms with E-state index in [4.69, 9.17) is 5.73 Å². The van der Waals surface area contributed by atoms with Crippen LogP contribution >= 0.6 is 0 Å². The largest absolute Gasteiger partial charge is 0.345 e. The number of hydrogen-bond donors (Lipinski definition) is 2. The number of nitrogens with two attached hydrogens (primary N) is 1. The van der Waals surface area contributed by atoms with Crippen LogP contribution < -0.4 is 11.1 Å². The Bertz CT molecular complexity index is 444. The predicted octanol–water partition coefficient (Wildman–Crippen LogP) is 1.46. The standard InChI is InChI=1S/C14H21N3O2/c1-17(2)14(19)11-7-3-4-8-12(11)16-13(18)9-5-6-10-15/h3-4,7-8H,5-6,9-10,15H2,1-2H3,(H,16,18). The van der Waals surface area contributed by atoms with Crippen LogP contribution in [0.1, 0.15) is 29.6 Å². The number of anilines is 1. The lowest BCUT2D eigenvalue weighted by molar-refractivity contribution is -0.116. The third kappa shape index (κ3) is 4.71. The number of nitrogens with zero attached hydrogens (tertiary/aromatic N) is 1. The molecule has 5 heteroatoms. The topological polar surface area (TPSA) is 75.4 Å². The highest BCUT2D eigenvalue weighted by Gasteiger charge is 2.14. The van der Waals surface area contributed by atoms with Crippen LogP contribution in [-0.2, 0) is 4.79 Å². The van der Waals surface area contributed by atoms with E-state index in [0.29, 0.717) is 24.2 Å². The molecule has 0 atom stereocenters. The molecule has 19 heavy (non-hydrogen) atoms. The number of benzene rings is 1. The minimum atomic E-state index is -0.127. The van der Waals surface area contributed by atoms with E-state index in [1.807, 2.05) is 0 Å². The van der Waals surface area contributed by atoms with E-state index in [9.17, 15) is 9.59 Å². The molecule has 0 saturated heterocycles. The molecule has 0 bridgehead atoms. The molecule has 0 saturated carbocycles. The molecule has 0 aliphatic rings. The van der Waals surface area contributed by atoms with E-state index in [1.165, 1.54) is 4.90 Å². The van der Waals surface area contributed by atoms with Gasteiger partial charge in [0.05, 0.1) is 11.3 Å². The second-order valence-corrected chi connectivity index (χ2v) is 4.54. The molecule has 104 valence electrons. The molecule has 0 radical (unpaired) electrons. The molecule has 0 heterocycles. The van der Waals surface area contributed by atoms with Gasteiger partial charge in [-0.15, -0.1) is 0 Å². The smallest absolute Gasteiger partial charge is 0.255 e. The number of para-hydroxylation sites is 1. The molecule has 2 amide bonds. The molecule has 0 spiro atoms. The first-order valence-electron chi connectivity index (χ1n) is 6.37. The Kier molecular flexibility index (Phi) is 6.02. The Labute approximate surface area is 113 Å². The molecule has 0 fully saturated rings. The highest BCUT2D eigenvalue weighted by molar-refractivity contribution is 6.03. The fourth-order valence-electron chi connectivity index (χ4n) is 1.66. The lowest BCUT2D eigenvalue weighted by Crippen LogP contribution is -2.24. The second kappa shape index (κ2) is 7.53. The van der Waals surface area contributed by atoms with E-state index in [0.717, 1.165) is 12.8 Å². The van der Waals surface area contributed by atoms with Gasteiger partial charge in [0.25, 0.3) is 5.91 Å². The van der Waals surface area contributed by atoms with E-state index in [-0.39, 0.29) is 11.8 Å². The van der Waals surface area contributed by atoms with Crippen molar-refractivity contribution in [2.75, 3.05) is 26.0 Å². The van der Waals surface area contributed by atoms with Gasteiger partial charge < -0.3 is 16.0 Å². The first kappa shape index (κ1) is 15.2. The third-order valence-electron chi connectivity index (χ3n) is 2.70. The lowest BCUT2D eigenvalue weighted by atomic mass is 10.1. The number of amides is 2. The van der Waals surface area contributed by atoms with Crippen molar-refractivity contribution in [3.8, 4) is 0 Å². The summed E-state index contributed by atoms with van der Waals surface area (Å²) in [5.41, 5.74) is 6.44. The van der Waals surface area contributed by atoms with E-state index >= 15 is 0 Å². The molecular formula is C14H21N3O2. The van der Waals surface area contributed by atoms with E-state index in [2.05, 4.69) is 5.32 Å². The lowest BCUT2D eigenvalue weighted by Gasteiger charge is -2.14. The first-order chi connectivity index (χ1) is 9.06. The van der Waals surface area contributed by atoms with Gasteiger partial charge in [-0.2, -0.15) is 0 Å². The maximum atomic E-state index is 12.0. The zero-order valence-corrected chi connectivity index (χ0v) is 11.5. The van der Waals surface area contributed by atoms with Crippen LogP contribution in [0.15, 0.2) is 24.3 Å². The minimum absolute atomic E-state index is 0.0903. The summed E-state index contributed by atoms with van der Waals surface area (Å²) in [5.74, 6) is -0.217. The molecule has 1 rings (SSSR count). The predicted molar refractivity (Wildman–Crippen MR) is 76.0 cm³/mol. The summed E-state index contributed by atoms with van der Waals surface area (Å²) in [7, 11) is 3.37.